The number of halogens is 1. The summed E-state index contributed by atoms with van der Waals surface area (Å²) in [4.78, 5) is 0. The Morgan fingerprint density at radius 2 is 1.78 bits per heavy atom. The molecule has 0 aliphatic heterocycles. The van der Waals surface area contributed by atoms with Crippen LogP contribution < -0.4 is 10.5 Å². The summed E-state index contributed by atoms with van der Waals surface area (Å²) in [6.07, 6.45) is 3.50. The second kappa shape index (κ2) is 8.74. The largest absolute Gasteiger partial charge is 0.330 e. The summed E-state index contributed by atoms with van der Waals surface area (Å²) in [5.74, 6) is 0.341. The Balaban J connectivity index is 1.58. The second-order valence-electron chi connectivity index (χ2n) is 7.53. The Morgan fingerprint density at radius 1 is 1.07 bits per heavy atom. The van der Waals surface area contributed by atoms with E-state index in [4.69, 9.17) is 17.3 Å². The number of benzene rings is 2. The minimum Gasteiger partial charge on any atom is -0.330 e. The van der Waals surface area contributed by atoms with Gasteiger partial charge in [0.15, 0.2) is 0 Å². The van der Waals surface area contributed by atoms with Crippen LogP contribution in [0.5, 0.6) is 0 Å². The summed E-state index contributed by atoms with van der Waals surface area (Å²) in [6.45, 7) is 0.893. The summed E-state index contributed by atoms with van der Waals surface area (Å²) < 4.78 is 27.7. The van der Waals surface area contributed by atoms with Crippen LogP contribution in [0.3, 0.4) is 0 Å². The van der Waals surface area contributed by atoms with Crippen molar-refractivity contribution in [3.8, 4) is 0 Å². The molecule has 1 fully saturated rings. The van der Waals surface area contributed by atoms with Crippen molar-refractivity contribution in [1.82, 2.24) is 4.72 Å². The van der Waals surface area contributed by atoms with Gasteiger partial charge in [-0.2, -0.15) is 0 Å². The second-order valence-corrected chi connectivity index (χ2v) is 9.81. The molecule has 1 saturated carbocycles. The van der Waals surface area contributed by atoms with Gasteiger partial charge < -0.3 is 5.73 Å². The van der Waals surface area contributed by atoms with Gasteiger partial charge in [-0.25, -0.2) is 13.1 Å². The van der Waals surface area contributed by atoms with Gasteiger partial charge in [-0.1, -0.05) is 54.1 Å². The molecular weight excluding hydrogens is 380 g/mol. The van der Waals surface area contributed by atoms with Gasteiger partial charge in [0.05, 0.1) is 5.75 Å². The summed E-state index contributed by atoms with van der Waals surface area (Å²) in [5.41, 5.74) is 8.17. The molecule has 2 aromatic carbocycles. The monoisotopic (exact) mass is 406 g/mol. The lowest BCUT2D eigenvalue weighted by molar-refractivity contribution is 0.248. The molecule has 2 aromatic rings. The molecule has 27 heavy (non-hydrogen) atoms. The molecule has 0 saturated heterocycles. The van der Waals surface area contributed by atoms with Crippen LogP contribution in [0.4, 0.5) is 0 Å². The number of hydrogen-bond acceptors (Lipinski definition) is 3. The van der Waals surface area contributed by atoms with Gasteiger partial charge >= 0.3 is 0 Å². The molecule has 0 heterocycles. The first-order valence-electron chi connectivity index (χ1n) is 9.40. The summed E-state index contributed by atoms with van der Waals surface area (Å²) in [6, 6.07) is 17.5. The van der Waals surface area contributed by atoms with Crippen molar-refractivity contribution in [1.29, 1.82) is 0 Å². The van der Waals surface area contributed by atoms with E-state index in [9.17, 15) is 8.42 Å². The van der Waals surface area contributed by atoms with Gasteiger partial charge in [0.1, 0.15) is 0 Å². The van der Waals surface area contributed by atoms with Crippen LogP contribution in [0.15, 0.2) is 54.6 Å². The van der Waals surface area contributed by atoms with Crippen molar-refractivity contribution in [2.75, 3.05) is 12.3 Å². The maximum absolute atomic E-state index is 12.5. The van der Waals surface area contributed by atoms with Gasteiger partial charge in [0.2, 0.25) is 10.0 Å². The zero-order valence-corrected chi connectivity index (χ0v) is 17.0. The number of sulfonamides is 1. The highest BCUT2D eigenvalue weighted by molar-refractivity contribution is 7.89. The van der Waals surface area contributed by atoms with E-state index in [1.54, 1.807) is 0 Å². The molecule has 0 amide bonds. The highest BCUT2D eigenvalue weighted by Gasteiger charge is 2.37. The van der Waals surface area contributed by atoms with E-state index in [2.05, 4.69) is 10.8 Å². The number of nitrogens with one attached hydrogen (secondary N) is 1. The van der Waals surface area contributed by atoms with Crippen LogP contribution in [0.2, 0.25) is 5.02 Å². The Morgan fingerprint density at radius 3 is 2.41 bits per heavy atom. The van der Waals surface area contributed by atoms with E-state index in [-0.39, 0.29) is 17.1 Å². The lowest BCUT2D eigenvalue weighted by Gasteiger charge is -2.40. The number of nitrogens with two attached hydrogens (primary N) is 1. The molecule has 3 N–H and O–H groups in total. The van der Waals surface area contributed by atoms with Gasteiger partial charge in [0, 0.05) is 23.5 Å². The van der Waals surface area contributed by atoms with Crippen molar-refractivity contribution in [2.24, 2.45) is 11.7 Å². The maximum atomic E-state index is 12.5. The van der Waals surface area contributed by atoms with Crippen LogP contribution in [-0.2, 0) is 22.0 Å². The first-order chi connectivity index (χ1) is 12.9. The minimum absolute atomic E-state index is 0.0946. The predicted molar refractivity (Wildman–Crippen MR) is 111 cm³/mol. The molecule has 6 heteroatoms. The maximum Gasteiger partial charge on any atom is 0.212 e. The van der Waals surface area contributed by atoms with E-state index >= 15 is 0 Å². The highest BCUT2D eigenvalue weighted by Crippen LogP contribution is 2.41. The quantitative estimate of drug-likeness (QED) is 0.733. The fourth-order valence-corrected chi connectivity index (χ4v) is 5.63. The summed E-state index contributed by atoms with van der Waals surface area (Å²) >= 11 is 6.16. The smallest absolute Gasteiger partial charge is 0.212 e. The predicted octanol–water partition coefficient (Wildman–Crippen LogP) is 3.85. The molecule has 0 aromatic heterocycles. The van der Waals surface area contributed by atoms with Crippen LogP contribution in [0, 0.1) is 5.92 Å². The summed E-state index contributed by atoms with van der Waals surface area (Å²) in [7, 11) is -3.30. The Labute approximate surface area is 167 Å². The van der Waals surface area contributed by atoms with E-state index in [0.717, 1.165) is 36.3 Å². The number of rotatable bonds is 7. The van der Waals surface area contributed by atoms with Crippen molar-refractivity contribution in [3.63, 3.8) is 0 Å². The molecule has 4 nitrogen and oxygen atoms in total. The van der Waals surface area contributed by atoms with E-state index in [1.165, 1.54) is 5.56 Å². The topological polar surface area (TPSA) is 72.2 Å². The first-order valence-corrected chi connectivity index (χ1v) is 11.4. The minimum atomic E-state index is -3.30. The lowest BCUT2D eigenvalue weighted by atomic mass is 9.67. The van der Waals surface area contributed by atoms with Gasteiger partial charge in [-0.15, -0.1) is 0 Å². The first kappa shape index (κ1) is 20.3. The van der Waals surface area contributed by atoms with Gasteiger partial charge in [-0.05, 0) is 54.9 Å². The molecule has 0 bridgehead atoms. The molecule has 0 spiro atoms. The zero-order valence-electron chi connectivity index (χ0n) is 15.4. The Bertz CT molecular complexity index is 847. The van der Waals surface area contributed by atoms with Crippen LogP contribution in [0.1, 0.15) is 36.8 Å². The molecular formula is C21H27ClN2O2S. The van der Waals surface area contributed by atoms with Crippen LogP contribution >= 0.6 is 11.6 Å². The molecule has 146 valence electrons. The third kappa shape index (κ3) is 5.32. The number of hydrogen-bond donors (Lipinski definition) is 2. The molecule has 3 rings (SSSR count). The SMILES string of the molecule is NCC1(c2cccc(Cl)c2)CCC(CS(=O)(=O)NCc2ccccc2)CC1. The fraction of sp³-hybridized carbons (Fsp3) is 0.429. The van der Waals surface area contributed by atoms with Crippen LogP contribution in [0.25, 0.3) is 0 Å². The molecule has 0 radical (unpaired) electrons. The van der Waals surface area contributed by atoms with Crippen molar-refractivity contribution in [2.45, 2.75) is 37.6 Å². The highest BCUT2D eigenvalue weighted by atomic mass is 35.5. The van der Waals surface area contributed by atoms with E-state index < -0.39 is 10.0 Å². The molecule has 0 atom stereocenters. The average molecular weight is 407 g/mol. The Kier molecular flexibility index (Phi) is 6.58. The average Bonchev–Trinajstić information content (AvgIpc) is 2.68. The standard InChI is InChI=1S/C21H27ClN2O2S/c22-20-8-4-7-19(13-20)21(16-23)11-9-18(10-12-21)15-27(25,26)24-14-17-5-2-1-3-6-17/h1-8,13,18,24H,9-12,14-16,23H2. The van der Waals surface area contributed by atoms with Gasteiger partial charge in [0.25, 0.3) is 0 Å². The van der Waals surface area contributed by atoms with E-state index in [1.807, 2.05) is 48.5 Å². The van der Waals surface area contributed by atoms with E-state index in [0.29, 0.717) is 13.1 Å². The van der Waals surface area contributed by atoms with Crippen molar-refractivity contribution in [3.05, 3.63) is 70.7 Å². The lowest BCUT2D eigenvalue weighted by Crippen LogP contribution is -2.41. The molecule has 1 aliphatic rings. The third-order valence-electron chi connectivity index (χ3n) is 5.68. The fourth-order valence-electron chi connectivity index (χ4n) is 3.98. The van der Waals surface area contributed by atoms with Crippen molar-refractivity contribution < 1.29 is 8.42 Å². The van der Waals surface area contributed by atoms with Gasteiger partial charge in [-0.3, -0.25) is 0 Å². The normalized spacial score (nSPS) is 23.3. The van der Waals surface area contributed by atoms with Crippen LogP contribution in [-0.4, -0.2) is 20.7 Å². The van der Waals surface area contributed by atoms with Crippen molar-refractivity contribution >= 4 is 21.6 Å². The summed E-state index contributed by atoms with van der Waals surface area (Å²) in [5, 5.41) is 0.718. The third-order valence-corrected chi connectivity index (χ3v) is 7.41. The zero-order chi connectivity index (χ0) is 19.3. The Hall–Kier alpha value is -1.40. The molecule has 0 unspecified atom stereocenters. The molecule has 1 aliphatic carbocycles.